The molecule has 4 aliphatic carbocycles. The second-order valence-corrected chi connectivity index (χ2v) is 5.87. The van der Waals surface area contributed by atoms with Gasteiger partial charge in [-0.3, -0.25) is 0 Å². The van der Waals surface area contributed by atoms with Crippen molar-refractivity contribution in [1.82, 2.24) is 0 Å². The smallest absolute Gasteiger partial charge is 0.0454 e. The minimum atomic E-state index is 0. The number of rotatable bonds is 0. The summed E-state index contributed by atoms with van der Waals surface area (Å²) in [4.78, 5) is 0.273. The standard InChI is InChI=1S/C10H15Cl.H2O/c11-10-4-7-1-8(5-10)3-9(2-7)6-10;/h7-9H,1-6H2;1H2. The highest BCUT2D eigenvalue weighted by molar-refractivity contribution is 6.24. The molecule has 0 unspecified atom stereocenters. The van der Waals surface area contributed by atoms with Crippen LogP contribution in [-0.4, -0.2) is 10.4 Å². The van der Waals surface area contributed by atoms with Crippen LogP contribution in [0.3, 0.4) is 0 Å². The first kappa shape index (κ1) is 8.83. The van der Waals surface area contributed by atoms with Gasteiger partial charge in [-0.15, -0.1) is 11.6 Å². The zero-order chi connectivity index (χ0) is 7.47. The summed E-state index contributed by atoms with van der Waals surface area (Å²) in [6, 6.07) is 0. The van der Waals surface area contributed by atoms with Gasteiger partial charge in [-0.2, -0.15) is 0 Å². The average molecular weight is 189 g/mol. The van der Waals surface area contributed by atoms with Gasteiger partial charge < -0.3 is 5.48 Å². The van der Waals surface area contributed by atoms with E-state index in [2.05, 4.69) is 0 Å². The first-order valence-electron chi connectivity index (χ1n) is 4.92. The zero-order valence-corrected chi connectivity index (χ0v) is 8.11. The number of hydrogen-bond donors (Lipinski definition) is 0. The maximum Gasteiger partial charge on any atom is 0.0454 e. The first-order valence-corrected chi connectivity index (χ1v) is 5.30. The van der Waals surface area contributed by atoms with Crippen LogP contribution in [0, 0.1) is 17.8 Å². The van der Waals surface area contributed by atoms with Crippen molar-refractivity contribution >= 4 is 11.6 Å². The summed E-state index contributed by atoms with van der Waals surface area (Å²) in [6.07, 6.45) is 8.52. The highest BCUT2D eigenvalue weighted by atomic mass is 35.5. The number of hydrogen-bond acceptors (Lipinski definition) is 0. The predicted molar refractivity (Wildman–Crippen MR) is 50.4 cm³/mol. The van der Waals surface area contributed by atoms with Crippen molar-refractivity contribution in [3.63, 3.8) is 0 Å². The van der Waals surface area contributed by atoms with Crippen LogP contribution in [-0.2, 0) is 0 Å². The van der Waals surface area contributed by atoms with E-state index < -0.39 is 0 Å². The van der Waals surface area contributed by atoms with Gasteiger partial charge in [-0.05, 0) is 56.3 Å². The highest BCUT2D eigenvalue weighted by Gasteiger charge is 2.49. The molecule has 0 radical (unpaired) electrons. The molecule has 4 saturated carbocycles. The molecule has 0 amide bonds. The Morgan fingerprint density at radius 3 is 1.42 bits per heavy atom. The molecule has 0 saturated heterocycles. The molecule has 2 N–H and O–H groups in total. The fourth-order valence-corrected chi connectivity index (χ4v) is 4.66. The topological polar surface area (TPSA) is 31.5 Å². The summed E-state index contributed by atoms with van der Waals surface area (Å²) < 4.78 is 0. The first-order chi connectivity index (χ1) is 5.23. The van der Waals surface area contributed by atoms with Gasteiger partial charge in [0.1, 0.15) is 0 Å². The van der Waals surface area contributed by atoms with Gasteiger partial charge >= 0.3 is 0 Å². The molecule has 70 valence electrons. The Labute approximate surface area is 78.8 Å². The lowest BCUT2D eigenvalue weighted by Crippen LogP contribution is -2.47. The molecular formula is C10H17ClO. The normalized spacial score (nSPS) is 55.2. The van der Waals surface area contributed by atoms with Gasteiger partial charge in [-0.25, -0.2) is 0 Å². The van der Waals surface area contributed by atoms with Crippen molar-refractivity contribution in [2.75, 3.05) is 0 Å². The van der Waals surface area contributed by atoms with Crippen LogP contribution in [0.1, 0.15) is 38.5 Å². The minimum absolute atomic E-state index is 0. The number of alkyl halides is 1. The van der Waals surface area contributed by atoms with Gasteiger partial charge in [0.25, 0.3) is 0 Å². The van der Waals surface area contributed by atoms with E-state index in [0.717, 1.165) is 17.8 Å². The Kier molecular flexibility index (Phi) is 1.93. The van der Waals surface area contributed by atoms with Crippen molar-refractivity contribution in [2.45, 2.75) is 43.4 Å². The number of halogens is 1. The summed E-state index contributed by atoms with van der Waals surface area (Å²) in [5, 5.41) is 0. The molecule has 4 aliphatic rings. The third-order valence-corrected chi connectivity index (χ3v) is 4.43. The van der Waals surface area contributed by atoms with Crippen LogP contribution in [0.15, 0.2) is 0 Å². The van der Waals surface area contributed by atoms with E-state index in [1.54, 1.807) is 0 Å². The van der Waals surface area contributed by atoms with Gasteiger partial charge in [0, 0.05) is 4.87 Å². The van der Waals surface area contributed by atoms with Crippen molar-refractivity contribution in [3.8, 4) is 0 Å². The average Bonchev–Trinajstić information content (AvgIpc) is 1.79. The van der Waals surface area contributed by atoms with Crippen LogP contribution in [0.2, 0.25) is 0 Å². The SMILES string of the molecule is ClC12CC3CC(CC(C3)C1)C2.O. The quantitative estimate of drug-likeness (QED) is 0.523. The molecule has 0 heterocycles. The molecule has 0 atom stereocenters. The van der Waals surface area contributed by atoms with Gasteiger partial charge in [-0.1, -0.05) is 0 Å². The largest absolute Gasteiger partial charge is 0.412 e. The molecular weight excluding hydrogens is 172 g/mol. The second kappa shape index (κ2) is 2.62. The fourth-order valence-electron chi connectivity index (χ4n) is 4.00. The van der Waals surface area contributed by atoms with Gasteiger partial charge in [0.2, 0.25) is 0 Å². The van der Waals surface area contributed by atoms with E-state index in [0.29, 0.717) is 0 Å². The van der Waals surface area contributed by atoms with E-state index in [1.165, 1.54) is 38.5 Å². The summed E-state index contributed by atoms with van der Waals surface area (Å²) >= 11 is 6.53. The molecule has 0 aromatic rings. The summed E-state index contributed by atoms with van der Waals surface area (Å²) in [6.45, 7) is 0. The third kappa shape index (κ3) is 1.18. The highest BCUT2D eigenvalue weighted by Crippen LogP contribution is 2.58. The second-order valence-electron chi connectivity index (χ2n) is 5.07. The Bertz CT molecular complexity index is 155. The van der Waals surface area contributed by atoms with E-state index >= 15 is 0 Å². The molecule has 4 rings (SSSR count). The summed E-state index contributed by atoms with van der Waals surface area (Å²) in [5.74, 6) is 3.04. The Morgan fingerprint density at radius 2 is 1.17 bits per heavy atom. The van der Waals surface area contributed by atoms with Crippen LogP contribution >= 0.6 is 11.6 Å². The molecule has 1 nitrogen and oxygen atoms in total. The van der Waals surface area contributed by atoms with Crippen LogP contribution < -0.4 is 0 Å². The lowest BCUT2D eigenvalue weighted by molar-refractivity contribution is 0.0349. The summed E-state index contributed by atoms with van der Waals surface area (Å²) in [7, 11) is 0. The molecule has 0 aromatic heterocycles. The maximum atomic E-state index is 6.53. The lowest BCUT2D eigenvalue weighted by atomic mass is 9.56. The van der Waals surface area contributed by atoms with Gasteiger partial charge in [0.15, 0.2) is 0 Å². The lowest BCUT2D eigenvalue weighted by Gasteiger charge is -2.54. The Morgan fingerprint density at radius 1 is 0.833 bits per heavy atom. The fraction of sp³-hybridized carbons (Fsp3) is 1.00. The monoisotopic (exact) mass is 188 g/mol. The third-order valence-electron chi connectivity index (χ3n) is 3.96. The van der Waals surface area contributed by atoms with Crippen molar-refractivity contribution in [2.24, 2.45) is 17.8 Å². The zero-order valence-electron chi connectivity index (χ0n) is 7.35. The van der Waals surface area contributed by atoms with E-state index in [9.17, 15) is 0 Å². The van der Waals surface area contributed by atoms with Crippen molar-refractivity contribution in [1.29, 1.82) is 0 Å². The summed E-state index contributed by atoms with van der Waals surface area (Å²) in [5.41, 5.74) is 0. The Hall–Kier alpha value is 0.250. The maximum absolute atomic E-state index is 6.53. The molecule has 12 heavy (non-hydrogen) atoms. The molecule has 4 bridgehead atoms. The van der Waals surface area contributed by atoms with Crippen LogP contribution in [0.5, 0.6) is 0 Å². The van der Waals surface area contributed by atoms with Crippen molar-refractivity contribution < 1.29 is 5.48 Å². The van der Waals surface area contributed by atoms with Gasteiger partial charge in [0.05, 0.1) is 0 Å². The molecule has 2 heteroatoms. The minimum Gasteiger partial charge on any atom is -0.412 e. The van der Waals surface area contributed by atoms with E-state index in [-0.39, 0.29) is 10.4 Å². The molecule has 0 aromatic carbocycles. The van der Waals surface area contributed by atoms with E-state index in [1.807, 2.05) is 0 Å². The van der Waals surface area contributed by atoms with E-state index in [4.69, 9.17) is 11.6 Å². The Balaban J connectivity index is 0.000000563. The molecule has 0 spiro atoms. The predicted octanol–water partition coefficient (Wildman–Crippen LogP) is 2.37. The molecule has 0 aliphatic heterocycles. The van der Waals surface area contributed by atoms with Crippen LogP contribution in [0.25, 0.3) is 0 Å². The van der Waals surface area contributed by atoms with Crippen molar-refractivity contribution in [3.05, 3.63) is 0 Å². The molecule has 4 fully saturated rings. The van der Waals surface area contributed by atoms with Crippen LogP contribution in [0.4, 0.5) is 0 Å².